The number of ether oxygens (including phenoxy) is 2. The summed E-state index contributed by atoms with van der Waals surface area (Å²) >= 11 is 0. The van der Waals surface area contributed by atoms with Crippen LogP contribution in [-0.4, -0.2) is 20.1 Å². The summed E-state index contributed by atoms with van der Waals surface area (Å²) in [5.41, 5.74) is -0.756. The molecule has 0 atom stereocenters. The van der Waals surface area contributed by atoms with Crippen LogP contribution in [0.3, 0.4) is 0 Å². The molecule has 140 valence electrons. The van der Waals surface area contributed by atoms with E-state index >= 15 is 0 Å². The molecule has 0 saturated carbocycles. The van der Waals surface area contributed by atoms with Crippen molar-refractivity contribution in [3.63, 3.8) is 0 Å². The summed E-state index contributed by atoms with van der Waals surface area (Å²) in [6, 6.07) is 10.7. The molecule has 2 aromatic rings. The quantitative estimate of drug-likeness (QED) is 0.625. The predicted molar refractivity (Wildman–Crippen MR) is 93.2 cm³/mol. The van der Waals surface area contributed by atoms with Gasteiger partial charge < -0.3 is 14.8 Å². The van der Waals surface area contributed by atoms with Crippen molar-refractivity contribution in [3.8, 4) is 17.6 Å². The van der Waals surface area contributed by atoms with E-state index in [1.54, 1.807) is 24.3 Å². The molecule has 1 N–H and O–H groups in total. The average molecular weight is 376 g/mol. The first kappa shape index (κ1) is 19.8. The fourth-order valence-electron chi connectivity index (χ4n) is 2.23. The number of halogens is 3. The molecule has 0 bridgehead atoms. The van der Waals surface area contributed by atoms with Gasteiger partial charge >= 0.3 is 6.18 Å². The number of carbonyl (C=O) groups excluding carboxylic acids is 1. The number of anilines is 1. The Morgan fingerprint density at radius 2 is 1.81 bits per heavy atom. The van der Waals surface area contributed by atoms with E-state index in [1.165, 1.54) is 32.4 Å². The Balaban J connectivity index is 2.26. The molecule has 5 nitrogen and oxygen atoms in total. The summed E-state index contributed by atoms with van der Waals surface area (Å²) in [6.45, 7) is 0. The lowest BCUT2D eigenvalue weighted by molar-refractivity contribution is -0.137. The van der Waals surface area contributed by atoms with Gasteiger partial charge in [-0.3, -0.25) is 4.79 Å². The number of hydrogen-bond acceptors (Lipinski definition) is 4. The summed E-state index contributed by atoms with van der Waals surface area (Å²) in [5.74, 6) is 0.0509. The van der Waals surface area contributed by atoms with E-state index in [4.69, 9.17) is 9.47 Å². The second-order valence-electron chi connectivity index (χ2n) is 5.32. The standard InChI is InChI=1S/C19H15F3N2O3/c1-26-16-7-6-12(9-17(16)27-2)8-13(11-23)18(25)24-15-5-3-4-14(10-15)19(20,21)22/h3-10H,1-2H3,(H,24,25)/b13-8-. The topological polar surface area (TPSA) is 71.3 Å². The lowest BCUT2D eigenvalue weighted by atomic mass is 10.1. The maximum Gasteiger partial charge on any atom is 0.416 e. The average Bonchev–Trinajstić information content (AvgIpc) is 2.65. The molecule has 0 aliphatic carbocycles. The van der Waals surface area contributed by atoms with Crippen LogP contribution in [0.4, 0.5) is 18.9 Å². The van der Waals surface area contributed by atoms with Crippen LogP contribution in [0.2, 0.25) is 0 Å². The number of alkyl halides is 3. The third-order valence-electron chi connectivity index (χ3n) is 3.53. The van der Waals surface area contributed by atoms with E-state index in [2.05, 4.69) is 5.32 Å². The Kier molecular flexibility index (Phi) is 6.08. The van der Waals surface area contributed by atoms with Crippen LogP contribution in [0.25, 0.3) is 6.08 Å². The lowest BCUT2D eigenvalue weighted by Gasteiger charge is -2.10. The summed E-state index contributed by atoms with van der Waals surface area (Å²) < 4.78 is 48.5. The SMILES string of the molecule is COc1ccc(/C=C(/C#N)C(=O)Nc2cccc(C(F)(F)F)c2)cc1OC. The Labute approximate surface area is 153 Å². The van der Waals surface area contributed by atoms with E-state index in [0.29, 0.717) is 17.1 Å². The molecule has 0 aliphatic heterocycles. The Morgan fingerprint density at radius 3 is 2.41 bits per heavy atom. The van der Waals surface area contributed by atoms with Crippen LogP contribution >= 0.6 is 0 Å². The van der Waals surface area contributed by atoms with Crippen LogP contribution in [0.15, 0.2) is 48.0 Å². The number of nitrogens with one attached hydrogen (secondary N) is 1. The van der Waals surface area contributed by atoms with Crippen LogP contribution in [-0.2, 0) is 11.0 Å². The third-order valence-corrected chi connectivity index (χ3v) is 3.53. The molecule has 0 heterocycles. The number of nitrogens with zero attached hydrogens (tertiary/aromatic N) is 1. The maximum atomic E-state index is 12.8. The number of carbonyl (C=O) groups is 1. The van der Waals surface area contributed by atoms with Crippen molar-refractivity contribution in [2.75, 3.05) is 19.5 Å². The number of amides is 1. The molecule has 8 heteroatoms. The van der Waals surface area contributed by atoms with Gasteiger partial charge in [0.1, 0.15) is 11.6 Å². The first-order valence-corrected chi connectivity index (χ1v) is 7.61. The van der Waals surface area contributed by atoms with E-state index in [9.17, 15) is 23.2 Å². The normalized spacial score (nSPS) is 11.5. The highest BCUT2D eigenvalue weighted by Crippen LogP contribution is 2.31. The zero-order chi connectivity index (χ0) is 20.0. The summed E-state index contributed by atoms with van der Waals surface area (Å²) in [5, 5.41) is 11.5. The number of hydrogen-bond donors (Lipinski definition) is 1. The number of methoxy groups -OCH3 is 2. The van der Waals surface area contributed by atoms with E-state index < -0.39 is 17.6 Å². The first-order chi connectivity index (χ1) is 12.8. The largest absolute Gasteiger partial charge is 0.493 e. The molecule has 2 aromatic carbocycles. The van der Waals surface area contributed by atoms with Crippen molar-refractivity contribution in [2.24, 2.45) is 0 Å². The third kappa shape index (κ3) is 5.01. The van der Waals surface area contributed by atoms with Gasteiger partial charge in [0.15, 0.2) is 11.5 Å². The van der Waals surface area contributed by atoms with Crippen LogP contribution in [0.1, 0.15) is 11.1 Å². The van der Waals surface area contributed by atoms with Gasteiger partial charge in [0.2, 0.25) is 0 Å². The van der Waals surface area contributed by atoms with Crippen LogP contribution in [0.5, 0.6) is 11.5 Å². The molecule has 0 spiro atoms. The minimum absolute atomic E-state index is 0.0664. The summed E-state index contributed by atoms with van der Waals surface area (Å²) in [6.07, 6.45) is -3.24. The fraction of sp³-hybridized carbons (Fsp3) is 0.158. The minimum atomic E-state index is -4.53. The van der Waals surface area contributed by atoms with Gasteiger partial charge in [0.05, 0.1) is 19.8 Å². The number of benzene rings is 2. The molecule has 0 radical (unpaired) electrons. The van der Waals surface area contributed by atoms with Crippen molar-refractivity contribution in [1.29, 1.82) is 5.26 Å². The predicted octanol–water partition coefficient (Wildman–Crippen LogP) is 4.27. The molecule has 0 aliphatic rings. The molecule has 0 fully saturated rings. The smallest absolute Gasteiger partial charge is 0.416 e. The second-order valence-corrected chi connectivity index (χ2v) is 5.32. The van der Waals surface area contributed by atoms with Gasteiger partial charge in [0, 0.05) is 5.69 Å². The minimum Gasteiger partial charge on any atom is -0.493 e. The van der Waals surface area contributed by atoms with Crippen LogP contribution in [0, 0.1) is 11.3 Å². The molecule has 1 amide bonds. The number of rotatable bonds is 5. The highest BCUT2D eigenvalue weighted by molar-refractivity contribution is 6.09. The monoisotopic (exact) mass is 376 g/mol. The maximum absolute atomic E-state index is 12.8. The Hall–Kier alpha value is -3.47. The van der Waals surface area contributed by atoms with Gasteiger partial charge in [-0.1, -0.05) is 12.1 Å². The summed E-state index contributed by atoms with van der Waals surface area (Å²) in [7, 11) is 2.91. The second kappa shape index (κ2) is 8.27. The molecule has 0 saturated heterocycles. The van der Waals surface area contributed by atoms with Crippen molar-refractivity contribution in [1.82, 2.24) is 0 Å². The van der Waals surface area contributed by atoms with Gasteiger partial charge in [-0.2, -0.15) is 18.4 Å². The van der Waals surface area contributed by atoms with Gasteiger partial charge in [-0.05, 0) is 42.0 Å². The van der Waals surface area contributed by atoms with Crippen molar-refractivity contribution >= 4 is 17.7 Å². The van der Waals surface area contributed by atoms with E-state index in [-0.39, 0.29) is 11.3 Å². The van der Waals surface area contributed by atoms with Crippen molar-refractivity contribution in [3.05, 3.63) is 59.2 Å². The molecule has 0 unspecified atom stereocenters. The van der Waals surface area contributed by atoms with Crippen molar-refractivity contribution < 1.29 is 27.4 Å². The zero-order valence-electron chi connectivity index (χ0n) is 14.4. The van der Waals surface area contributed by atoms with E-state index in [0.717, 1.165) is 12.1 Å². The molecular formula is C19H15F3N2O3. The Bertz CT molecular complexity index is 915. The molecule has 0 aromatic heterocycles. The van der Waals surface area contributed by atoms with Gasteiger partial charge in [-0.15, -0.1) is 0 Å². The van der Waals surface area contributed by atoms with Gasteiger partial charge in [-0.25, -0.2) is 0 Å². The molecular weight excluding hydrogens is 361 g/mol. The summed E-state index contributed by atoms with van der Waals surface area (Å²) in [4.78, 5) is 12.2. The Morgan fingerprint density at radius 1 is 1.11 bits per heavy atom. The molecule has 2 rings (SSSR count). The fourth-order valence-corrected chi connectivity index (χ4v) is 2.23. The van der Waals surface area contributed by atoms with Crippen LogP contribution < -0.4 is 14.8 Å². The highest BCUT2D eigenvalue weighted by atomic mass is 19.4. The zero-order valence-corrected chi connectivity index (χ0v) is 14.4. The van der Waals surface area contributed by atoms with Crippen molar-refractivity contribution in [2.45, 2.75) is 6.18 Å². The van der Waals surface area contributed by atoms with Gasteiger partial charge in [0.25, 0.3) is 5.91 Å². The highest BCUT2D eigenvalue weighted by Gasteiger charge is 2.30. The van der Waals surface area contributed by atoms with E-state index in [1.807, 2.05) is 0 Å². The molecule has 27 heavy (non-hydrogen) atoms. The number of nitriles is 1. The first-order valence-electron chi connectivity index (χ1n) is 7.61. The lowest BCUT2D eigenvalue weighted by Crippen LogP contribution is -2.14.